The summed E-state index contributed by atoms with van der Waals surface area (Å²) in [7, 11) is 1.62. The zero-order valence-corrected chi connectivity index (χ0v) is 14.2. The second kappa shape index (κ2) is 7.14. The summed E-state index contributed by atoms with van der Waals surface area (Å²) in [6.45, 7) is 5.28. The van der Waals surface area contributed by atoms with E-state index < -0.39 is 0 Å². The number of aromatic nitrogens is 4. The number of nitrogens with one attached hydrogen (secondary N) is 2. The number of hydrogen-bond acceptors (Lipinski definition) is 5. The smallest absolute Gasteiger partial charge is 0.275 e. The first-order valence-electron chi connectivity index (χ1n) is 8.09. The molecule has 2 aromatic rings. The SMILES string of the molecule is COCCN(Cc1ncc[nH]1)C(=O)c1n[nH]c2c1C[C@H](C)O[C@@H]2C. The molecule has 3 heterocycles. The van der Waals surface area contributed by atoms with E-state index in [9.17, 15) is 4.79 Å². The minimum Gasteiger partial charge on any atom is -0.383 e. The molecule has 8 nitrogen and oxygen atoms in total. The van der Waals surface area contributed by atoms with Crippen LogP contribution in [0.25, 0.3) is 0 Å². The van der Waals surface area contributed by atoms with E-state index in [0.717, 1.165) is 17.1 Å². The molecule has 3 rings (SSSR count). The van der Waals surface area contributed by atoms with Crippen molar-refractivity contribution >= 4 is 5.91 Å². The lowest BCUT2D eigenvalue weighted by Crippen LogP contribution is -2.35. The van der Waals surface area contributed by atoms with Gasteiger partial charge in [0.25, 0.3) is 5.91 Å². The van der Waals surface area contributed by atoms with E-state index in [1.807, 2.05) is 13.8 Å². The van der Waals surface area contributed by atoms with Gasteiger partial charge in [-0.2, -0.15) is 5.10 Å². The lowest BCUT2D eigenvalue weighted by Gasteiger charge is -2.26. The van der Waals surface area contributed by atoms with E-state index in [-0.39, 0.29) is 18.1 Å². The molecule has 8 heteroatoms. The van der Waals surface area contributed by atoms with E-state index in [2.05, 4.69) is 20.2 Å². The Bertz CT molecular complexity index is 682. The fourth-order valence-corrected chi connectivity index (χ4v) is 3.02. The van der Waals surface area contributed by atoms with Crippen molar-refractivity contribution in [1.29, 1.82) is 0 Å². The summed E-state index contributed by atoms with van der Waals surface area (Å²) in [6.07, 6.45) is 4.07. The number of hydrogen-bond donors (Lipinski definition) is 2. The molecule has 0 aromatic carbocycles. The fraction of sp³-hybridized carbons (Fsp3) is 0.562. The molecular weight excluding hydrogens is 310 g/mol. The van der Waals surface area contributed by atoms with Gasteiger partial charge in [0.15, 0.2) is 5.69 Å². The summed E-state index contributed by atoms with van der Waals surface area (Å²) in [4.78, 5) is 22.0. The summed E-state index contributed by atoms with van der Waals surface area (Å²) in [6, 6.07) is 0. The number of rotatable bonds is 6. The minimum atomic E-state index is -0.123. The highest BCUT2D eigenvalue weighted by molar-refractivity contribution is 5.94. The molecule has 24 heavy (non-hydrogen) atoms. The van der Waals surface area contributed by atoms with Gasteiger partial charge in [0, 0.05) is 38.0 Å². The van der Waals surface area contributed by atoms with Gasteiger partial charge in [0.05, 0.1) is 31.1 Å². The number of ether oxygens (including phenoxy) is 2. The number of amides is 1. The maximum absolute atomic E-state index is 13.0. The van der Waals surface area contributed by atoms with Crippen LogP contribution in [-0.4, -0.2) is 57.3 Å². The summed E-state index contributed by atoms with van der Waals surface area (Å²) in [5.74, 6) is 0.608. The highest BCUT2D eigenvalue weighted by atomic mass is 16.5. The van der Waals surface area contributed by atoms with Crippen LogP contribution in [0.2, 0.25) is 0 Å². The lowest BCUT2D eigenvalue weighted by molar-refractivity contribution is -0.00703. The quantitative estimate of drug-likeness (QED) is 0.834. The Hall–Kier alpha value is -2.19. The number of H-pyrrole nitrogens is 2. The average Bonchev–Trinajstić information content (AvgIpc) is 3.20. The molecule has 1 aliphatic heterocycles. The van der Waals surface area contributed by atoms with Crippen molar-refractivity contribution in [3.8, 4) is 0 Å². The van der Waals surface area contributed by atoms with Crippen LogP contribution >= 0.6 is 0 Å². The normalized spacial score (nSPS) is 20.0. The van der Waals surface area contributed by atoms with Gasteiger partial charge in [-0.05, 0) is 13.8 Å². The third-order valence-electron chi connectivity index (χ3n) is 4.18. The average molecular weight is 333 g/mol. The topological polar surface area (TPSA) is 96.1 Å². The summed E-state index contributed by atoms with van der Waals surface area (Å²) in [5.41, 5.74) is 2.31. The Kier molecular flexibility index (Phi) is 4.96. The maximum Gasteiger partial charge on any atom is 0.275 e. The van der Waals surface area contributed by atoms with Gasteiger partial charge in [-0.25, -0.2) is 4.98 Å². The minimum absolute atomic E-state index is 0.0640. The predicted molar refractivity (Wildman–Crippen MR) is 86.5 cm³/mol. The Labute approximate surface area is 140 Å². The van der Waals surface area contributed by atoms with Crippen molar-refractivity contribution < 1.29 is 14.3 Å². The largest absolute Gasteiger partial charge is 0.383 e. The molecule has 0 spiro atoms. The number of aromatic amines is 2. The van der Waals surface area contributed by atoms with E-state index in [1.165, 1.54) is 0 Å². The van der Waals surface area contributed by atoms with Crippen molar-refractivity contribution in [2.75, 3.05) is 20.3 Å². The van der Waals surface area contributed by atoms with Crippen LogP contribution in [0.5, 0.6) is 0 Å². The molecule has 2 N–H and O–H groups in total. The Morgan fingerprint density at radius 1 is 1.50 bits per heavy atom. The van der Waals surface area contributed by atoms with Gasteiger partial charge in [0.2, 0.25) is 0 Å². The van der Waals surface area contributed by atoms with E-state index in [4.69, 9.17) is 9.47 Å². The molecular formula is C16H23N5O3. The molecule has 0 saturated heterocycles. The van der Waals surface area contributed by atoms with Crippen molar-refractivity contribution in [2.45, 2.75) is 39.0 Å². The molecule has 0 bridgehead atoms. The van der Waals surface area contributed by atoms with Gasteiger partial charge in [-0.1, -0.05) is 0 Å². The first kappa shape index (κ1) is 16.7. The zero-order valence-electron chi connectivity index (χ0n) is 14.2. The van der Waals surface area contributed by atoms with Crippen LogP contribution in [0.1, 0.15) is 47.5 Å². The first-order valence-corrected chi connectivity index (χ1v) is 8.09. The second-order valence-electron chi connectivity index (χ2n) is 6.01. The molecule has 1 amide bonds. The lowest BCUT2D eigenvalue weighted by atomic mass is 9.99. The van der Waals surface area contributed by atoms with Gasteiger partial charge in [-0.15, -0.1) is 0 Å². The van der Waals surface area contributed by atoms with Crippen molar-refractivity contribution in [1.82, 2.24) is 25.1 Å². The van der Waals surface area contributed by atoms with Crippen molar-refractivity contribution in [3.05, 3.63) is 35.2 Å². The molecule has 0 radical (unpaired) electrons. The second-order valence-corrected chi connectivity index (χ2v) is 6.01. The highest BCUT2D eigenvalue weighted by Gasteiger charge is 2.31. The molecule has 2 atom stereocenters. The van der Waals surface area contributed by atoms with Crippen LogP contribution in [0.15, 0.2) is 12.4 Å². The van der Waals surface area contributed by atoms with Gasteiger partial charge in [0.1, 0.15) is 5.82 Å². The summed E-state index contributed by atoms with van der Waals surface area (Å²) >= 11 is 0. The first-order chi connectivity index (χ1) is 11.6. The number of nitrogens with zero attached hydrogens (tertiary/aromatic N) is 3. The van der Waals surface area contributed by atoms with Gasteiger partial charge in [-0.3, -0.25) is 9.89 Å². The van der Waals surface area contributed by atoms with E-state index in [0.29, 0.717) is 31.8 Å². The Morgan fingerprint density at radius 2 is 2.33 bits per heavy atom. The van der Waals surface area contributed by atoms with Crippen LogP contribution in [-0.2, 0) is 22.4 Å². The van der Waals surface area contributed by atoms with E-state index >= 15 is 0 Å². The van der Waals surface area contributed by atoms with Crippen molar-refractivity contribution in [2.24, 2.45) is 0 Å². The Morgan fingerprint density at radius 3 is 3.04 bits per heavy atom. The third kappa shape index (κ3) is 3.34. The number of methoxy groups -OCH3 is 1. The Balaban J connectivity index is 1.84. The number of carbonyl (C=O) groups excluding carboxylic acids is 1. The number of imidazole rings is 1. The van der Waals surface area contributed by atoms with Gasteiger partial charge >= 0.3 is 0 Å². The number of carbonyl (C=O) groups is 1. The fourth-order valence-electron chi connectivity index (χ4n) is 3.02. The van der Waals surface area contributed by atoms with Crippen LogP contribution in [0.4, 0.5) is 0 Å². The van der Waals surface area contributed by atoms with Crippen molar-refractivity contribution in [3.63, 3.8) is 0 Å². The predicted octanol–water partition coefficient (Wildman–Crippen LogP) is 1.44. The molecule has 0 aliphatic carbocycles. The molecule has 0 fully saturated rings. The molecule has 0 saturated carbocycles. The maximum atomic E-state index is 13.0. The van der Waals surface area contributed by atoms with Gasteiger partial charge < -0.3 is 19.4 Å². The van der Waals surface area contributed by atoms with Crippen LogP contribution in [0, 0.1) is 0 Å². The molecule has 0 unspecified atom stereocenters. The zero-order chi connectivity index (χ0) is 17.1. The standard InChI is InChI=1S/C16H23N5O3/c1-10-8-12-14(11(2)24-10)19-20-15(12)16(22)21(6-7-23-3)9-13-17-4-5-18-13/h4-5,10-11H,6-9H2,1-3H3,(H,17,18)(H,19,20)/t10-,11+/m0/s1. The summed E-state index contributed by atoms with van der Waals surface area (Å²) < 4.78 is 10.9. The number of fused-ring (bicyclic) bond motifs is 1. The highest BCUT2D eigenvalue weighted by Crippen LogP contribution is 2.30. The molecule has 130 valence electrons. The molecule has 1 aliphatic rings. The van der Waals surface area contributed by atoms with E-state index in [1.54, 1.807) is 24.4 Å². The summed E-state index contributed by atoms with van der Waals surface area (Å²) in [5, 5.41) is 7.24. The van der Waals surface area contributed by atoms with Crippen LogP contribution < -0.4 is 0 Å². The third-order valence-corrected chi connectivity index (χ3v) is 4.18. The monoisotopic (exact) mass is 333 g/mol. The van der Waals surface area contributed by atoms with Crippen LogP contribution in [0.3, 0.4) is 0 Å². The molecule has 2 aromatic heterocycles.